The Morgan fingerprint density at radius 3 is 2.52 bits per heavy atom. The zero-order chi connectivity index (χ0) is 23.2. The Morgan fingerprint density at radius 2 is 1.79 bits per heavy atom. The molecule has 33 heavy (non-hydrogen) atoms. The third kappa shape index (κ3) is 5.23. The van der Waals surface area contributed by atoms with E-state index in [1.165, 1.54) is 0 Å². The number of ether oxygens (including phenoxy) is 1. The van der Waals surface area contributed by atoms with Crippen LogP contribution in [0.1, 0.15) is 28.5 Å². The van der Waals surface area contributed by atoms with Gasteiger partial charge in [-0.15, -0.1) is 0 Å². The molecule has 1 aromatic heterocycles. The summed E-state index contributed by atoms with van der Waals surface area (Å²) in [6.45, 7) is 4.54. The molecule has 3 aromatic carbocycles. The molecule has 1 amide bonds. The number of hydrazone groups is 1. The predicted octanol–water partition coefficient (Wildman–Crippen LogP) is 6.38. The molecule has 0 spiro atoms. The standard InChI is InChI=1S/C27H24BrN3O2/c1-3-33-26-16-12-23(28)17-22(26)18-29-30-27(32)21-10-13-24(14-11-21)31-19(2)9-15-25(31)20-7-5-4-6-8-20/h4-18H,3H2,1-2H3,(H,30,32)/b29-18+. The van der Waals surface area contributed by atoms with Crippen molar-refractivity contribution in [2.24, 2.45) is 5.10 Å². The van der Waals surface area contributed by atoms with Crippen LogP contribution in [0.4, 0.5) is 0 Å². The number of amides is 1. The Bertz CT molecular complexity index is 1280. The summed E-state index contributed by atoms with van der Waals surface area (Å²) in [4.78, 5) is 12.6. The van der Waals surface area contributed by atoms with Gasteiger partial charge in [0.1, 0.15) is 5.75 Å². The van der Waals surface area contributed by atoms with Crippen LogP contribution in [0.25, 0.3) is 16.9 Å². The van der Waals surface area contributed by atoms with Crippen molar-refractivity contribution in [2.75, 3.05) is 6.61 Å². The van der Waals surface area contributed by atoms with Crippen molar-refractivity contribution in [1.29, 1.82) is 0 Å². The fourth-order valence-corrected chi connectivity index (χ4v) is 3.99. The minimum atomic E-state index is -0.279. The molecule has 0 fully saturated rings. The van der Waals surface area contributed by atoms with Crippen molar-refractivity contribution in [3.05, 3.63) is 106 Å². The number of benzene rings is 3. The average molecular weight is 502 g/mol. The molecule has 0 unspecified atom stereocenters. The highest BCUT2D eigenvalue weighted by Gasteiger charge is 2.11. The number of hydrogen-bond acceptors (Lipinski definition) is 3. The molecule has 0 saturated heterocycles. The maximum atomic E-state index is 12.6. The smallest absolute Gasteiger partial charge is 0.271 e. The monoisotopic (exact) mass is 501 g/mol. The zero-order valence-corrected chi connectivity index (χ0v) is 20.0. The molecule has 0 aliphatic heterocycles. The van der Waals surface area contributed by atoms with Gasteiger partial charge in [-0.2, -0.15) is 5.10 Å². The Morgan fingerprint density at radius 1 is 1.03 bits per heavy atom. The topological polar surface area (TPSA) is 55.6 Å². The summed E-state index contributed by atoms with van der Waals surface area (Å²) in [5.74, 6) is 0.428. The fraction of sp³-hybridized carbons (Fsp3) is 0.111. The van der Waals surface area contributed by atoms with Crippen molar-refractivity contribution in [2.45, 2.75) is 13.8 Å². The molecule has 166 valence electrons. The minimum absolute atomic E-state index is 0.279. The lowest BCUT2D eigenvalue weighted by molar-refractivity contribution is 0.0955. The SMILES string of the molecule is CCOc1ccc(Br)cc1/C=N/NC(=O)c1ccc(-n2c(C)ccc2-c2ccccc2)cc1. The number of nitrogens with zero attached hydrogens (tertiary/aromatic N) is 2. The van der Waals surface area contributed by atoms with Crippen molar-refractivity contribution in [3.63, 3.8) is 0 Å². The number of carbonyl (C=O) groups is 1. The van der Waals surface area contributed by atoms with Gasteiger partial charge < -0.3 is 9.30 Å². The number of halogens is 1. The van der Waals surface area contributed by atoms with Gasteiger partial charge in [-0.05, 0) is 74.0 Å². The van der Waals surface area contributed by atoms with Gasteiger partial charge in [0.25, 0.3) is 5.91 Å². The summed E-state index contributed by atoms with van der Waals surface area (Å²) in [6.07, 6.45) is 1.58. The lowest BCUT2D eigenvalue weighted by Gasteiger charge is -2.12. The van der Waals surface area contributed by atoms with E-state index in [-0.39, 0.29) is 5.91 Å². The van der Waals surface area contributed by atoms with E-state index in [0.29, 0.717) is 17.9 Å². The van der Waals surface area contributed by atoms with Crippen LogP contribution in [0.5, 0.6) is 5.75 Å². The van der Waals surface area contributed by atoms with Crippen molar-refractivity contribution >= 4 is 28.1 Å². The molecule has 0 atom stereocenters. The molecule has 5 nitrogen and oxygen atoms in total. The van der Waals surface area contributed by atoms with Crippen LogP contribution in [0.15, 0.2) is 94.5 Å². The first-order valence-electron chi connectivity index (χ1n) is 10.7. The van der Waals surface area contributed by atoms with Crippen molar-refractivity contribution in [1.82, 2.24) is 9.99 Å². The Kier molecular flexibility index (Phi) is 7.05. The summed E-state index contributed by atoms with van der Waals surface area (Å²) in [5.41, 5.74) is 8.25. The largest absolute Gasteiger partial charge is 0.493 e. The Labute approximate surface area is 201 Å². The molecule has 0 aliphatic rings. The number of hydrogen-bond donors (Lipinski definition) is 1. The first-order chi connectivity index (χ1) is 16.1. The van der Waals surface area contributed by atoms with Gasteiger partial charge in [0.15, 0.2) is 0 Å². The molecular formula is C27H24BrN3O2. The maximum absolute atomic E-state index is 12.6. The van der Waals surface area contributed by atoms with E-state index in [1.807, 2.05) is 55.5 Å². The zero-order valence-electron chi connectivity index (χ0n) is 18.5. The van der Waals surface area contributed by atoms with E-state index in [0.717, 1.165) is 32.7 Å². The van der Waals surface area contributed by atoms with E-state index in [4.69, 9.17) is 4.74 Å². The van der Waals surface area contributed by atoms with Crippen LogP contribution in [0.3, 0.4) is 0 Å². The molecule has 4 rings (SSSR count). The number of aromatic nitrogens is 1. The summed E-state index contributed by atoms with van der Waals surface area (Å²) >= 11 is 3.45. The summed E-state index contributed by atoms with van der Waals surface area (Å²) in [7, 11) is 0. The summed E-state index contributed by atoms with van der Waals surface area (Å²) in [5, 5.41) is 4.11. The number of carbonyl (C=O) groups excluding carboxylic acids is 1. The van der Waals surface area contributed by atoms with Crippen LogP contribution in [-0.4, -0.2) is 23.3 Å². The van der Waals surface area contributed by atoms with Gasteiger partial charge in [0, 0.05) is 27.0 Å². The molecule has 0 aliphatic carbocycles. The maximum Gasteiger partial charge on any atom is 0.271 e. The number of rotatable bonds is 7. The van der Waals surface area contributed by atoms with E-state index in [2.05, 4.69) is 62.2 Å². The molecule has 6 heteroatoms. The van der Waals surface area contributed by atoms with Gasteiger partial charge in [0.05, 0.1) is 18.5 Å². The minimum Gasteiger partial charge on any atom is -0.493 e. The number of aryl methyl sites for hydroxylation is 1. The van der Waals surface area contributed by atoms with E-state index in [9.17, 15) is 4.79 Å². The van der Waals surface area contributed by atoms with E-state index >= 15 is 0 Å². The predicted molar refractivity (Wildman–Crippen MR) is 136 cm³/mol. The molecule has 1 heterocycles. The second-order valence-corrected chi connectivity index (χ2v) is 8.34. The average Bonchev–Trinajstić information content (AvgIpc) is 3.22. The quantitative estimate of drug-likeness (QED) is 0.236. The van der Waals surface area contributed by atoms with Gasteiger partial charge in [-0.1, -0.05) is 46.3 Å². The van der Waals surface area contributed by atoms with Crippen molar-refractivity contribution in [3.8, 4) is 22.7 Å². The molecule has 0 saturated carbocycles. The van der Waals surface area contributed by atoms with Crippen LogP contribution < -0.4 is 10.2 Å². The molecular weight excluding hydrogens is 478 g/mol. The molecule has 0 bridgehead atoms. The van der Waals surface area contributed by atoms with Gasteiger partial charge >= 0.3 is 0 Å². The third-order valence-electron chi connectivity index (χ3n) is 5.17. The lowest BCUT2D eigenvalue weighted by atomic mass is 10.1. The first kappa shape index (κ1) is 22.6. The Hall–Kier alpha value is -3.64. The van der Waals surface area contributed by atoms with Gasteiger partial charge in [-0.3, -0.25) is 4.79 Å². The van der Waals surface area contributed by atoms with Gasteiger partial charge in [0.2, 0.25) is 0 Å². The Balaban J connectivity index is 1.50. The molecule has 4 aromatic rings. The highest BCUT2D eigenvalue weighted by Crippen LogP contribution is 2.26. The molecule has 0 radical (unpaired) electrons. The first-order valence-corrected chi connectivity index (χ1v) is 11.5. The van der Waals surface area contributed by atoms with Crippen LogP contribution in [0, 0.1) is 6.92 Å². The molecule has 1 N–H and O–H groups in total. The summed E-state index contributed by atoms with van der Waals surface area (Å²) < 4.78 is 8.69. The highest BCUT2D eigenvalue weighted by molar-refractivity contribution is 9.10. The highest BCUT2D eigenvalue weighted by atomic mass is 79.9. The van der Waals surface area contributed by atoms with Gasteiger partial charge in [-0.25, -0.2) is 5.43 Å². The fourth-order valence-electron chi connectivity index (χ4n) is 3.61. The second kappa shape index (κ2) is 10.3. The third-order valence-corrected chi connectivity index (χ3v) is 5.67. The van der Waals surface area contributed by atoms with E-state index < -0.39 is 0 Å². The van der Waals surface area contributed by atoms with Crippen LogP contribution in [-0.2, 0) is 0 Å². The van der Waals surface area contributed by atoms with Crippen LogP contribution >= 0.6 is 15.9 Å². The van der Waals surface area contributed by atoms with Crippen molar-refractivity contribution < 1.29 is 9.53 Å². The number of nitrogens with one attached hydrogen (secondary N) is 1. The second-order valence-electron chi connectivity index (χ2n) is 7.42. The lowest BCUT2D eigenvalue weighted by Crippen LogP contribution is -2.17. The van der Waals surface area contributed by atoms with E-state index in [1.54, 1.807) is 18.3 Å². The van der Waals surface area contributed by atoms with Crippen LogP contribution in [0.2, 0.25) is 0 Å². The summed E-state index contributed by atoms with van der Waals surface area (Å²) in [6, 6.07) is 27.6. The normalized spacial score (nSPS) is 11.0.